The van der Waals surface area contributed by atoms with Crippen molar-refractivity contribution >= 4 is 0 Å². The van der Waals surface area contributed by atoms with E-state index in [1.807, 2.05) is 0 Å². The normalized spacial score (nSPS) is 22.1. The molecule has 1 aromatic rings. The Labute approximate surface area is 122 Å². The number of methoxy groups -OCH3 is 1. The Morgan fingerprint density at radius 3 is 2.65 bits per heavy atom. The first-order valence-electron chi connectivity index (χ1n) is 8.07. The third-order valence-corrected chi connectivity index (χ3v) is 5.41. The van der Waals surface area contributed by atoms with Gasteiger partial charge in [0.2, 0.25) is 0 Å². The number of hydrogen-bond acceptors (Lipinski definition) is 2. The van der Waals surface area contributed by atoms with Gasteiger partial charge in [0.15, 0.2) is 0 Å². The number of ether oxygens (including phenoxy) is 1. The van der Waals surface area contributed by atoms with Crippen LogP contribution in [0.1, 0.15) is 51.0 Å². The van der Waals surface area contributed by atoms with E-state index in [1.165, 1.54) is 44.1 Å². The topological polar surface area (TPSA) is 21.3 Å². The lowest BCUT2D eigenvalue weighted by atomic mass is 9.43. The van der Waals surface area contributed by atoms with Crippen LogP contribution in [0.3, 0.4) is 0 Å². The average Bonchev–Trinajstić information content (AvgIpc) is 2.40. The molecule has 1 aromatic carbocycles. The fourth-order valence-electron chi connectivity index (χ4n) is 4.30. The van der Waals surface area contributed by atoms with Gasteiger partial charge in [-0.1, -0.05) is 25.5 Å². The third kappa shape index (κ3) is 2.35. The van der Waals surface area contributed by atoms with E-state index in [2.05, 4.69) is 36.5 Å². The number of rotatable bonds is 6. The van der Waals surface area contributed by atoms with E-state index < -0.39 is 0 Å². The first kappa shape index (κ1) is 13.9. The minimum absolute atomic E-state index is 0.351. The highest BCUT2D eigenvalue weighted by molar-refractivity contribution is 5.38. The molecular formula is C18H27NO. The molecule has 2 aliphatic rings. The first-order chi connectivity index (χ1) is 9.72. The van der Waals surface area contributed by atoms with Crippen molar-refractivity contribution in [3.05, 3.63) is 29.8 Å². The molecule has 2 fully saturated rings. The molecule has 0 aromatic heterocycles. The predicted molar refractivity (Wildman–Crippen MR) is 83.4 cm³/mol. The van der Waals surface area contributed by atoms with Crippen molar-refractivity contribution in [1.82, 2.24) is 5.32 Å². The van der Waals surface area contributed by atoms with E-state index in [0.717, 1.165) is 18.8 Å². The predicted octanol–water partition coefficient (Wildman–Crippen LogP) is 3.90. The Morgan fingerprint density at radius 2 is 2.05 bits per heavy atom. The Kier molecular flexibility index (Phi) is 3.76. The molecule has 0 atom stereocenters. The molecule has 2 saturated carbocycles. The van der Waals surface area contributed by atoms with Crippen molar-refractivity contribution in [1.29, 1.82) is 0 Å². The molecule has 0 aliphatic heterocycles. The summed E-state index contributed by atoms with van der Waals surface area (Å²) in [5, 5.41) is 3.66. The lowest BCUT2D eigenvalue weighted by Crippen LogP contribution is -2.57. The van der Waals surface area contributed by atoms with Gasteiger partial charge in [-0.2, -0.15) is 0 Å². The molecule has 2 aliphatic carbocycles. The van der Waals surface area contributed by atoms with Crippen molar-refractivity contribution in [2.75, 3.05) is 20.2 Å². The summed E-state index contributed by atoms with van der Waals surface area (Å²) < 4.78 is 5.42. The molecule has 20 heavy (non-hydrogen) atoms. The molecule has 1 spiro atoms. The molecular weight excluding hydrogens is 246 g/mol. The van der Waals surface area contributed by atoms with Gasteiger partial charge in [0.05, 0.1) is 7.11 Å². The van der Waals surface area contributed by atoms with Gasteiger partial charge in [-0.25, -0.2) is 0 Å². The zero-order valence-corrected chi connectivity index (χ0v) is 12.9. The average molecular weight is 273 g/mol. The van der Waals surface area contributed by atoms with Crippen LogP contribution in [0.2, 0.25) is 0 Å². The first-order valence-corrected chi connectivity index (χ1v) is 8.07. The summed E-state index contributed by atoms with van der Waals surface area (Å²) in [6.07, 6.45) is 8.28. The summed E-state index contributed by atoms with van der Waals surface area (Å²) in [4.78, 5) is 0. The molecule has 110 valence electrons. The molecule has 0 amide bonds. The number of benzene rings is 1. The molecule has 0 heterocycles. The number of hydrogen-bond donors (Lipinski definition) is 1. The SMILES string of the molecule is CCCNCC1(c2cccc(OC)c2)CC2(CCC2)C1. The van der Waals surface area contributed by atoms with E-state index >= 15 is 0 Å². The second-order valence-corrected chi connectivity index (χ2v) is 6.90. The van der Waals surface area contributed by atoms with E-state index in [4.69, 9.17) is 4.74 Å². The van der Waals surface area contributed by atoms with E-state index in [9.17, 15) is 0 Å². The fourth-order valence-corrected chi connectivity index (χ4v) is 4.30. The summed E-state index contributed by atoms with van der Waals surface area (Å²) in [5.74, 6) is 0.993. The van der Waals surface area contributed by atoms with Crippen LogP contribution in [0.5, 0.6) is 5.75 Å². The highest BCUT2D eigenvalue weighted by Gasteiger charge is 2.57. The van der Waals surface area contributed by atoms with Gasteiger partial charge in [0, 0.05) is 12.0 Å². The van der Waals surface area contributed by atoms with Crippen molar-refractivity contribution in [3.63, 3.8) is 0 Å². The van der Waals surface area contributed by atoms with Crippen molar-refractivity contribution in [3.8, 4) is 5.75 Å². The minimum atomic E-state index is 0.351. The maximum absolute atomic E-state index is 5.42. The van der Waals surface area contributed by atoms with Crippen LogP contribution in [0.4, 0.5) is 0 Å². The summed E-state index contributed by atoms with van der Waals surface area (Å²) in [7, 11) is 1.76. The molecule has 0 radical (unpaired) electrons. The lowest BCUT2D eigenvalue weighted by molar-refractivity contribution is -0.0482. The van der Waals surface area contributed by atoms with Crippen molar-refractivity contribution < 1.29 is 4.74 Å². The zero-order chi connectivity index (χ0) is 14.1. The standard InChI is InChI=1S/C18H27NO/c1-3-10-19-14-18(12-17(13-18)8-5-9-17)15-6-4-7-16(11-15)20-2/h4,6-7,11,19H,3,5,8-10,12-14H2,1-2H3. The molecule has 0 unspecified atom stereocenters. The van der Waals surface area contributed by atoms with Crippen LogP contribution in [-0.2, 0) is 5.41 Å². The minimum Gasteiger partial charge on any atom is -0.497 e. The quantitative estimate of drug-likeness (QED) is 0.794. The fraction of sp³-hybridized carbons (Fsp3) is 0.667. The van der Waals surface area contributed by atoms with E-state index in [-0.39, 0.29) is 0 Å². The lowest BCUT2D eigenvalue weighted by Gasteiger charge is -2.61. The van der Waals surface area contributed by atoms with Crippen molar-refractivity contribution in [2.24, 2.45) is 5.41 Å². The Morgan fingerprint density at radius 1 is 1.25 bits per heavy atom. The Bertz CT molecular complexity index is 456. The Hall–Kier alpha value is -1.02. The molecule has 0 saturated heterocycles. The highest BCUT2D eigenvalue weighted by atomic mass is 16.5. The summed E-state index contributed by atoms with van der Waals surface area (Å²) in [5.41, 5.74) is 2.51. The maximum atomic E-state index is 5.42. The van der Waals surface area contributed by atoms with Crippen LogP contribution < -0.4 is 10.1 Å². The summed E-state index contributed by atoms with van der Waals surface area (Å²) in [6, 6.07) is 8.73. The van der Waals surface area contributed by atoms with Gasteiger partial charge >= 0.3 is 0 Å². The van der Waals surface area contributed by atoms with Crippen LogP contribution in [0.15, 0.2) is 24.3 Å². The van der Waals surface area contributed by atoms with Crippen LogP contribution in [-0.4, -0.2) is 20.2 Å². The second-order valence-electron chi connectivity index (χ2n) is 6.90. The van der Waals surface area contributed by atoms with Gasteiger partial charge in [-0.05, 0) is 61.8 Å². The molecule has 0 bridgehead atoms. The van der Waals surface area contributed by atoms with E-state index in [0.29, 0.717) is 10.8 Å². The van der Waals surface area contributed by atoms with Gasteiger partial charge in [0.1, 0.15) is 5.75 Å². The zero-order valence-electron chi connectivity index (χ0n) is 12.9. The third-order valence-electron chi connectivity index (χ3n) is 5.41. The summed E-state index contributed by atoms with van der Waals surface area (Å²) >= 11 is 0. The van der Waals surface area contributed by atoms with Crippen molar-refractivity contribution in [2.45, 2.75) is 50.9 Å². The van der Waals surface area contributed by atoms with Gasteiger partial charge in [-0.15, -0.1) is 0 Å². The van der Waals surface area contributed by atoms with E-state index in [1.54, 1.807) is 7.11 Å². The largest absolute Gasteiger partial charge is 0.497 e. The second kappa shape index (κ2) is 5.40. The monoisotopic (exact) mass is 273 g/mol. The maximum Gasteiger partial charge on any atom is 0.119 e. The molecule has 1 N–H and O–H groups in total. The van der Waals surface area contributed by atoms with Crippen LogP contribution in [0, 0.1) is 5.41 Å². The van der Waals surface area contributed by atoms with Gasteiger partial charge < -0.3 is 10.1 Å². The van der Waals surface area contributed by atoms with Gasteiger partial charge in [0.25, 0.3) is 0 Å². The van der Waals surface area contributed by atoms with Gasteiger partial charge in [-0.3, -0.25) is 0 Å². The Balaban J connectivity index is 1.78. The highest BCUT2D eigenvalue weighted by Crippen LogP contribution is 2.64. The number of nitrogens with one attached hydrogen (secondary N) is 1. The summed E-state index contributed by atoms with van der Waals surface area (Å²) in [6.45, 7) is 4.48. The van der Waals surface area contributed by atoms with Crippen LogP contribution >= 0.6 is 0 Å². The smallest absolute Gasteiger partial charge is 0.119 e. The van der Waals surface area contributed by atoms with Crippen LogP contribution in [0.25, 0.3) is 0 Å². The molecule has 2 heteroatoms. The molecule has 3 rings (SSSR count). The molecule has 2 nitrogen and oxygen atoms in total.